The van der Waals surface area contributed by atoms with Crippen LogP contribution in [0.1, 0.15) is 22.8 Å². The summed E-state index contributed by atoms with van der Waals surface area (Å²) in [7, 11) is 1.96. The van der Waals surface area contributed by atoms with Crippen LogP contribution in [0.3, 0.4) is 0 Å². The molecule has 3 nitrogen and oxygen atoms in total. The summed E-state index contributed by atoms with van der Waals surface area (Å²) in [5, 5.41) is 3.93. The third kappa shape index (κ3) is 4.70. The quantitative estimate of drug-likeness (QED) is 0.821. The van der Waals surface area contributed by atoms with Gasteiger partial charge in [-0.2, -0.15) is 0 Å². The maximum absolute atomic E-state index is 5.89. The SMILES string of the molecule is CNCCc1c(C)nc(CSc2ccc(Cl)cc2)nc1C. The largest absolute Gasteiger partial charge is 0.319 e. The van der Waals surface area contributed by atoms with Crippen molar-refractivity contribution in [3.05, 3.63) is 52.1 Å². The van der Waals surface area contributed by atoms with Gasteiger partial charge in [-0.15, -0.1) is 11.8 Å². The highest BCUT2D eigenvalue weighted by Gasteiger charge is 2.08. The van der Waals surface area contributed by atoms with Crippen LogP contribution in [-0.4, -0.2) is 23.6 Å². The smallest absolute Gasteiger partial charge is 0.139 e. The van der Waals surface area contributed by atoms with Crippen LogP contribution in [0.5, 0.6) is 0 Å². The Hall–Kier alpha value is -1.10. The van der Waals surface area contributed by atoms with Crippen LogP contribution >= 0.6 is 23.4 Å². The van der Waals surface area contributed by atoms with Gasteiger partial charge in [0.2, 0.25) is 0 Å². The first kappa shape index (κ1) is 16.3. The van der Waals surface area contributed by atoms with Crippen molar-refractivity contribution < 1.29 is 0 Å². The van der Waals surface area contributed by atoms with E-state index in [1.807, 2.05) is 31.3 Å². The monoisotopic (exact) mass is 321 g/mol. The van der Waals surface area contributed by atoms with Gasteiger partial charge in [0, 0.05) is 21.3 Å². The second-order valence-electron chi connectivity index (χ2n) is 4.89. The molecule has 0 atom stereocenters. The standard InChI is InChI=1S/C16H20ClN3S/c1-11-15(8-9-18-3)12(2)20-16(19-11)10-21-14-6-4-13(17)5-7-14/h4-7,18H,8-10H2,1-3H3. The van der Waals surface area contributed by atoms with Crippen LogP contribution in [0.2, 0.25) is 5.02 Å². The molecule has 1 aromatic heterocycles. The number of likely N-dealkylation sites (N-methyl/N-ethyl adjacent to an activating group) is 1. The Morgan fingerprint density at radius 2 is 1.71 bits per heavy atom. The summed E-state index contributed by atoms with van der Waals surface area (Å²) < 4.78 is 0. The molecule has 0 aliphatic rings. The fraction of sp³-hybridized carbons (Fsp3) is 0.375. The van der Waals surface area contributed by atoms with E-state index in [4.69, 9.17) is 11.6 Å². The number of nitrogens with zero attached hydrogens (tertiary/aromatic N) is 2. The van der Waals surface area contributed by atoms with Gasteiger partial charge in [-0.1, -0.05) is 11.6 Å². The first-order valence-corrected chi connectivity index (χ1v) is 8.32. The van der Waals surface area contributed by atoms with E-state index in [0.717, 1.165) is 41.0 Å². The minimum absolute atomic E-state index is 0.760. The van der Waals surface area contributed by atoms with Crippen LogP contribution in [0.25, 0.3) is 0 Å². The Bertz CT molecular complexity index is 576. The zero-order chi connectivity index (χ0) is 15.2. The van der Waals surface area contributed by atoms with E-state index in [0.29, 0.717) is 0 Å². The lowest BCUT2D eigenvalue weighted by molar-refractivity contribution is 0.769. The van der Waals surface area contributed by atoms with E-state index in [1.165, 1.54) is 10.5 Å². The highest BCUT2D eigenvalue weighted by Crippen LogP contribution is 2.23. The Morgan fingerprint density at radius 1 is 1.10 bits per heavy atom. The van der Waals surface area contributed by atoms with E-state index in [-0.39, 0.29) is 0 Å². The molecule has 1 heterocycles. The van der Waals surface area contributed by atoms with Crippen LogP contribution in [0.15, 0.2) is 29.2 Å². The van der Waals surface area contributed by atoms with Gasteiger partial charge in [0.15, 0.2) is 0 Å². The Balaban J connectivity index is 2.05. The highest BCUT2D eigenvalue weighted by atomic mass is 35.5. The summed E-state index contributed by atoms with van der Waals surface area (Å²) >= 11 is 7.62. The maximum Gasteiger partial charge on any atom is 0.139 e. The molecule has 0 bridgehead atoms. The fourth-order valence-corrected chi connectivity index (χ4v) is 3.04. The Morgan fingerprint density at radius 3 is 2.29 bits per heavy atom. The topological polar surface area (TPSA) is 37.8 Å². The predicted octanol–water partition coefficient (Wildman–Crippen LogP) is 3.80. The molecule has 0 fully saturated rings. The minimum Gasteiger partial charge on any atom is -0.319 e. The lowest BCUT2D eigenvalue weighted by Gasteiger charge is -2.10. The average Bonchev–Trinajstić information content (AvgIpc) is 2.46. The Kier molecular flexibility index (Phi) is 6.03. The lowest BCUT2D eigenvalue weighted by atomic mass is 10.1. The molecule has 1 aromatic carbocycles. The van der Waals surface area contributed by atoms with E-state index in [9.17, 15) is 0 Å². The molecule has 112 valence electrons. The third-order valence-corrected chi connectivity index (χ3v) is 4.53. The van der Waals surface area contributed by atoms with Gasteiger partial charge in [0.25, 0.3) is 0 Å². The molecule has 0 saturated heterocycles. The molecule has 0 aliphatic carbocycles. The predicted molar refractivity (Wildman–Crippen MR) is 90.1 cm³/mol. The van der Waals surface area contributed by atoms with Crippen LogP contribution in [-0.2, 0) is 12.2 Å². The van der Waals surface area contributed by atoms with Gasteiger partial charge >= 0.3 is 0 Å². The van der Waals surface area contributed by atoms with Crippen LogP contribution < -0.4 is 5.32 Å². The zero-order valence-electron chi connectivity index (χ0n) is 12.6. The minimum atomic E-state index is 0.760. The number of nitrogens with one attached hydrogen (secondary N) is 1. The third-order valence-electron chi connectivity index (χ3n) is 3.27. The van der Waals surface area contributed by atoms with E-state index < -0.39 is 0 Å². The number of hydrogen-bond donors (Lipinski definition) is 1. The number of aryl methyl sites for hydroxylation is 2. The number of aromatic nitrogens is 2. The molecule has 2 rings (SSSR count). The summed E-state index contributed by atoms with van der Waals surface area (Å²) in [6.45, 7) is 5.08. The number of thioether (sulfide) groups is 1. The molecule has 2 aromatic rings. The first-order chi connectivity index (χ1) is 10.1. The van der Waals surface area contributed by atoms with Crippen LogP contribution in [0, 0.1) is 13.8 Å². The van der Waals surface area contributed by atoms with Crippen molar-refractivity contribution in [2.45, 2.75) is 30.9 Å². The average molecular weight is 322 g/mol. The highest BCUT2D eigenvalue weighted by molar-refractivity contribution is 7.98. The van der Waals surface area contributed by atoms with Crippen molar-refractivity contribution in [2.24, 2.45) is 0 Å². The van der Waals surface area contributed by atoms with Crippen molar-refractivity contribution in [1.29, 1.82) is 0 Å². The number of benzene rings is 1. The summed E-state index contributed by atoms with van der Waals surface area (Å²) in [5.74, 6) is 1.66. The van der Waals surface area contributed by atoms with Gasteiger partial charge in [-0.3, -0.25) is 0 Å². The Labute approximate surface area is 135 Å². The summed E-state index contributed by atoms with van der Waals surface area (Å²) in [4.78, 5) is 10.4. The summed E-state index contributed by atoms with van der Waals surface area (Å²) in [6.07, 6.45) is 0.971. The van der Waals surface area contributed by atoms with Crippen molar-refractivity contribution in [1.82, 2.24) is 15.3 Å². The lowest BCUT2D eigenvalue weighted by Crippen LogP contribution is -2.14. The van der Waals surface area contributed by atoms with Crippen molar-refractivity contribution in [3.63, 3.8) is 0 Å². The first-order valence-electron chi connectivity index (χ1n) is 6.96. The van der Waals surface area contributed by atoms with Gasteiger partial charge in [0.1, 0.15) is 5.82 Å². The molecule has 21 heavy (non-hydrogen) atoms. The molecular formula is C16H20ClN3S. The van der Waals surface area contributed by atoms with Crippen molar-refractivity contribution in [2.75, 3.05) is 13.6 Å². The molecule has 0 aliphatic heterocycles. The molecule has 0 amide bonds. The van der Waals surface area contributed by atoms with Gasteiger partial charge in [-0.25, -0.2) is 9.97 Å². The number of halogens is 1. The van der Waals surface area contributed by atoms with Crippen LogP contribution in [0.4, 0.5) is 0 Å². The number of rotatable bonds is 6. The summed E-state index contributed by atoms with van der Waals surface area (Å²) in [6, 6.07) is 7.85. The molecule has 0 radical (unpaired) electrons. The second-order valence-corrected chi connectivity index (χ2v) is 6.37. The molecule has 5 heteroatoms. The normalized spacial score (nSPS) is 10.9. The molecule has 0 unspecified atom stereocenters. The van der Waals surface area contributed by atoms with E-state index in [2.05, 4.69) is 29.1 Å². The second kappa shape index (κ2) is 7.78. The van der Waals surface area contributed by atoms with Crippen molar-refractivity contribution >= 4 is 23.4 Å². The van der Waals surface area contributed by atoms with Gasteiger partial charge in [0.05, 0.1) is 5.75 Å². The van der Waals surface area contributed by atoms with E-state index in [1.54, 1.807) is 11.8 Å². The molecule has 1 N–H and O–H groups in total. The fourth-order valence-electron chi connectivity index (χ4n) is 2.16. The maximum atomic E-state index is 5.89. The zero-order valence-corrected chi connectivity index (χ0v) is 14.2. The molecular weight excluding hydrogens is 302 g/mol. The van der Waals surface area contributed by atoms with Crippen molar-refractivity contribution in [3.8, 4) is 0 Å². The molecule has 0 saturated carbocycles. The van der Waals surface area contributed by atoms with E-state index >= 15 is 0 Å². The summed E-state index contributed by atoms with van der Waals surface area (Å²) in [5.41, 5.74) is 3.43. The number of hydrogen-bond acceptors (Lipinski definition) is 4. The van der Waals surface area contributed by atoms with Gasteiger partial charge < -0.3 is 5.32 Å². The van der Waals surface area contributed by atoms with Gasteiger partial charge in [-0.05, 0) is 63.7 Å². The molecule has 0 spiro atoms.